The van der Waals surface area contributed by atoms with Gasteiger partial charge in [0, 0.05) is 22.6 Å². The quantitative estimate of drug-likeness (QED) is 0.384. The Morgan fingerprint density at radius 1 is 0.706 bits per heavy atom. The molecule has 2 amide bonds. The van der Waals surface area contributed by atoms with Gasteiger partial charge in [0.1, 0.15) is 10.0 Å². The molecule has 0 spiro atoms. The van der Waals surface area contributed by atoms with Crippen molar-refractivity contribution in [3.63, 3.8) is 0 Å². The molecule has 0 atom stereocenters. The summed E-state index contributed by atoms with van der Waals surface area (Å²) in [6.45, 7) is 0. The van der Waals surface area contributed by atoms with Gasteiger partial charge in [0.15, 0.2) is 0 Å². The number of aryl methyl sites for hydroxylation is 2. The van der Waals surface area contributed by atoms with Crippen LogP contribution >= 0.6 is 22.7 Å². The predicted molar refractivity (Wildman–Crippen MR) is 131 cm³/mol. The number of amides is 2. The van der Waals surface area contributed by atoms with Gasteiger partial charge in [0.25, 0.3) is 0 Å². The molecule has 2 aliphatic carbocycles. The first kappa shape index (κ1) is 24.4. The van der Waals surface area contributed by atoms with Gasteiger partial charge in [-0.15, -0.1) is 22.7 Å². The highest BCUT2D eigenvalue weighted by atomic mass is 32.1. The van der Waals surface area contributed by atoms with Gasteiger partial charge in [0.05, 0.1) is 25.3 Å². The summed E-state index contributed by atoms with van der Waals surface area (Å²) in [4.78, 5) is 51.6. The monoisotopic (exact) mass is 504 g/mol. The number of unbranched alkanes of at least 4 members (excludes halogenated alkanes) is 1. The fourth-order valence-corrected chi connectivity index (χ4v) is 7.16. The summed E-state index contributed by atoms with van der Waals surface area (Å²) in [7, 11) is 2.69. The van der Waals surface area contributed by atoms with Crippen molar-refractivity contribution >= 4 is 56.4 Å². The van der Waals surface area contributed by atoms with Crippen molar-refractivity contribution in [2.75, 3.05) is 24.9 Å². The lowest BCUT2D eigenvalue weighted by molar-refractivity contribution is -0.118. The summed E-state index contributed by atoms with van der Waals surface area (Å²) in [5.74, 6) is -1.21. The standard InChI is InChI=1S/C24H28N2O6S2/c1-31-23(29)19-13-7-5-9-15(13)33-21(19)25-17(27)11-3-4-12-18(28)26-22-20(24(30)32-2)14-8-6-10-16(14)34-22/h3-12H2,1-2H3,(H,25,27)(H,26,28). The number of rotatable bonds is 9. The van der Waals surface area contributed by atoms with Crippen LogP contribution in [0.4, 0.5) is 10.0 Å². The summed E-state index contributed by atoms with van der Waals surface area (Å²) in [5, 5.41) is 6.83. The lowest BCUT2D eigenvalue weighted by Gasteiger charge is -2.08. The second-order valence-corrected chi connectivity index (χ2v) is 10.6. The van der Waals surface area contributed by atoms with Gasteiger partial charge in [-0.25, -0.2) is 9.59 Å². The van der Waals surface area contributed by atoms with E-state index in [4.69, 9.17) is 9.47 Å². The minimum atomic E-state index is -0.419. The van der Waals surface area contributed by atoms with Crippen molar-refractivity contribution in [3.05, 3.63) is 32.0 Å². The van der Waals surface area contributed by atoms with E-state index >= 15 is 0 Å². The molecule has 182 valence electrons. The number of thiophene rings is 2. The topological polar surface area (TPSA) is 111 Å². The smallest absolute Gasteiger partial charge is 0.341 e. The van der Waals surface area contributed by atoms with E-state index in [2.05, 4.69) is 10.6 Å². The summed E-state index contributed by atoms with van der Waals surface area (Å²) in [6.07, 6.45) is 7.06. The third kappa shape index (κ3) is 5.02. The highest BCUT2D eigenvalue weighted by Crippen LogP contribution is 2.40. The molecular formula is C24H28N2O6S2. The van der Waals surface area contributed by atoms with Crippen LogP contribution in [0.5, 0.6) is 0 Å². The van der Waals surface area contributed by atoms with Crippen LogP contribution in [0.2, 0.25) is 0 Å². The van der Waals surface area contributed by atoms with Crippen molar-refractivity contribution in [2.24, 2.45) is 0 Å². The number of carbonyl (C=O) groups excluding carboxylic acids is 4. The number of hydrogen-bond donors (Lipinski definition) is 2. The molecule has 0 saturated carbocycles. The maximum atomic E-state index is 12.5. The summed E-state index contributed by atoms with van der Waals surface area (Å²) < 4.78 is 9.82. The SMILES string of the molecule is COC(=O)c1c(NC(=O)CCCCC(=O)Nc2sc3c(c2C(=O)OC)CCC3)sc2c1CCC2. The molecule has 2 aromatic heterocycles. The minimum absolute atomic E-state index is 0.187. The average Bonchev–Trinajstić information content (AvgIpc) is 3.57. The van der Waals surface area contributed by atoms with E-state index in [0.29, 0.717) is 34.0 Å². The molecule has 2 aromatic rings. The molecule has 0 aromatic carbocycles. The molecule has 34 heavy (non-hydrogen) atoms. The van der Waals surface area contributed by atoms with Crippen LogP contribution in [-0.2, 0) is 44.7 Å². The van der Waals surface area contributed by atoms with E-state index in [0.717, 1.165) is 59.4 Å². The molecule has 10 heteroatoms. The molecule has 0 bridgehead atoms. The maximum absolute atomic E-state index is 12.5. The van der Waals surface area contributed by atoms with Crippen LogP contribution in [0.3, 0.4) is 0 Å². The van der Waals surface area contributed by atoms with E-state index in [1.54, 1.807) is 0 Å². The molecule has 2 N–H and O–H groups in total. The molecule has 0 fully saturated rings. The fraction of sp³-hybridized carbons (Fsp3) is 0.500. The van der Waals surface area contributed by atoms with Crippen molar-refractivity contribution in [3.8, 4) is 0 Å². The molecule has 2 heterocycles. The van der Waals surface area contributed by atoms with Gasteiger partial charge in [-0.2, -0.15) is 0 Å². The minimum Gasteiger partial charge on any atom is -0.465 e. The number of esters is 2. The summed E-state index contributed by atoms with van der Waals surface area (Å²) in [5.41, 5.74) is 2.96. The second-order valence-electron chi connectivity index (χ2n) is 8.41. The zero-order valence-electron chi connectivity index (χ0n) is 19.3. The van der Waals surface area contributed by atoms with Crippen LogP contribution < -0.4 is 10.6 Å². The number of hydrogen-bond acceptors (Lipinski definition) is 8. The first-order chi connectivity index (χ1) is 16.4. The Bertz CT molecular complexity index is 1040. The van der Waals surface area contributed by atoms with Crippen molar-refractivity contribution in [2.45, 2.75) is 64.2 Å². The third-order valence-electron chi connectivity index (χ3n) is 6.19. The van der Waals surface area contributed by atoms with Crippen molar-refractivity contribution in [1.29, 1.82) is 0 Å². The lowest BCUT2D eigenvalue weighted by atomic mass is 10.1. The molecule has 0 radical (unpaired) electrons. The third-order valence-corrected chi connectivity index (χ3v) is 8.60. The van der Waals surface area contributed by atoms with Gasteiger partial charge < -0.3 is 20.1 Å². The van der Waals surface area contributed by atoms with E-state index < -0.39 is 11.9 Å². The second kappa shape index (κ2) is 10.7. The zero-order valence-corrected chi connectivity index (χ0v) is 21.0. The zero-order chi connectivity index (χ0) is 24.2. The van der Waals surface area contributed by atoms with Crippen LogP contribution in [0.15, 0.2) is 0 Å². The van der Waals surface area contributed by atoms with Crippen LogP contribution in [0.1, 0.15) is 80.1 Å². The number of anilines is 2. The maximum Gasteiger partial charge on any atom is 0.341 e. The van der Waals surface area contributed by atoms with Gasteiger partial charge in [-0.1, -0.05) is 0 Å². The van der Waals surface area contributed by atoms with Gasteiger partial charge in [0.2, 0.25) is 11.8 Å². The largest absolute Gasteiger partial charge is 0.465 e. The molecular weight excluding hydrogens is 476 g/mol. The fourth-order valence-electron chi connectivity index (χ4n) is 4.57. The molecule has 2 aliphatic rings. The number of fused-ring (bicyclic) bond motifs is 2. The van der Waals surface area contributed by atoms with Crippen LogP contribution in [-0.4, -0.2) is 38.0 Å². The Kier molecular flexibility index (Phi) is 7.67. The first-order valence-corrected chi connectivity index (χ1v) is 13.1. The Morgan fingerprint density at radius 3 is 1.50 bits per heavy atom. The Hall–Kier alpha value is -2.72. The van der Waals surface area contributed by atoms with E-state index in [1.165, 1.54) is 36.9 Å². The lowest BCUT2D eigenvalue weighted by Crippen LogP contribution is -2.15. The van der Waals surface area contributed by atoms with E-state index in [9.17, 15) is 19.2 Å². The van der Waals surface area contributed by atoms with Gasteiger partial charge in [-0.3, -0.25) is 9.59 Å². The summed E-state index contributed by atoms with van der Waals surface area (Å²) >= 11 is 2.90. The highest BCUT2D eigenvalue weighted by molar-refractivity contribution is 7.17. The molecule has 4 rings (SSSR count). The van der Waals surface area contributed by atoms with E-state index in [-0.39, 0.29) is 24.7 Å². The Morgan fingerprint density at radius 2 is 1.12 bits per heavy atom. The Balaban J connectivity index is 1.26. The molecule has 0 unspecified atom stereocenters. The number of methoxy groups -OCH3 is 2. The molecule has 8 nitrogen and oxygen atoms in total. The normalized spacial score (nSPS) is 13.8. The highest BCUT2D eigenvalue weighted by Gasteiger charge is 2.29. The number of ether oxygens (including phenoxy) is 2. The Labute approximate surface area is 206 Å². The van der Waals surface area contributed by atoms with Crippen LogP contribution in [0.25, 0.3) is 0 Å². The van der Waals surface area contributed by atoms with Crippen molar-refractivity contribution in [1.82, 2.24) is 0 Å². The first-order valence-electron chi connectivity index (χ1n) is 11.5. The number of carbonyl (C=O) groups is 4. The molecule has 0 aliphatic heterocycles. The van der Waals surface area contributed by atoms with Crippen LogP contribution in [0, 0.1) is 0 Å². The van der Waals surface area contributed by atoms with Gasteiger partial charge in [-0.05, 0) is 62.5 Å². The van der Waals surface area contributed by atoms with E-state index in [1.807, 2.05) is 0 Å². The molecule has 0 saturated heterocycles. The summed E-state index contributed by atoms with van der Waals surface area (Å²) in [6, 6.07) is 0. The average molecular weight is 505 g/mol. The van der Waals surface area contributed by atoms with Gasteiger partial charge >= 0.3 is 11.9 Å². The predicted octanol–water partition coefficient (Wildman–Crippen LogP) is 4.50. The number of nitrogens with one attached hydrogen (secondary N) is 2. The van der Waals surface area contributed by atoms with Crippen molar-refractivity contribution < 1.29 is 28.7 Å².